The van der Waals surface area contributed by atoms with Crippen LogP contribution in [0, 0.1) is 0 Å². The van der Waals surface area contributed by atoms with Crippen molar-refractivity contribution >= 4 is 23.7 Å². The number of aryl methyl sites for hydroxylation is 1. The summed E-state index contributed by atoms with van der Waals surface area (Å²) in [4.78, 5) is 16.8. The highest BCUT2D eigenvalue weighted by atomic mass is 16.5. The smallest absolute Gasteiger partial charge is 0.342 e. The first-order valence-corrected chi connectivity index (χ1v) is 8.01. The molecule has 126 valence electrons. The van der Waals surface area contributed by atoms with Crippen molar-refractivity contribution in [3.63, 3.8) is 0 Å². The lowest BCUT2D eigenvalue weighted by atomic mass is 10.0. The van der Waals surface area contributed by atoms with Crippen molar-refractivity contribution in [2.24, 2.45) is 0 Å². The monoisotopic (exact) mass is 321 g/mol. The maximum absolute atomic E-state index is 12.4. The van der Waals surface area contributed by atoms with Gasteiger partial charge < -0.3 is 20.5 Å². The summed E-state index contributed by atoms with van der Waals surface area (Å²) in [5.74, 6) is -0.0959. The molecular formula is C16H25N4O3+. The maximum Gasteiger partial charge on any atom is 0.342 e. The molecule has 0 amide bonds. The fourth-order valence-electron chi connectivity index (χ4n) is 2.71. The molecule has 5 N–H and O–H groups in total. The van der Waals surface area contributed by atoms with Crippen LogP contribution in [0.2, 0.25) is 0 Å². The number of rotatable bonds is 6. The van der Waals surface area contributed by atoms with Crippen LogP contribution in [0.25, 0.3) is 0 Å². The Morgan fingerprint density at radius 3 is 2.74 bits per heavy atom. The molecule has 0 saturated carbocycles. The minimum absolute atomic E-state index is 0.196. The van der Waals surface area contributed by atoms with E-state index in [4.69, 9.17) is 20.6 Å². The third kappa shape index (κ3) is 3.79. The summed E-state index contributed by atoms with van der Waals surface area (Å²) < 4.78 is 10.6. The molecular weight excluding hydrogens is 296 g/mol. The van der Waals surface area contributed by atoms with Gasteiger partial charge in [0.2, 0.25) is 0 Å². The highest BCUT2D eigenvalue weighted by molar-refractivity contribution is 6.03. The molecule has 1 saturated heterocycles. The van der Waals surface area contributed by atoms with Gasteiger partial charge >= 0.3 is 5.97 Å². The van der Waals surface area contributed by atoms with Gasteiger partial charge in [-0.3, -0.25) is 5.41 Å². The van der Waals surface area contributed by atoms with Crippen LogP contribution in [0.3, 0.4) is 0 Å². The van der Waals surface area contributed by atoms with Crippen molar-refractivity contribution in [3.8, 4) is 0 Å². The van der Waals surface area contributed by atoms with Crippen LogP contribution in [-0.2, 0) is 15.9 Å². The summed E-state index contributed by atoms with van der Waals surface area (Å²) in [5, 5.41) is 9.14. The van der Waals surface area contributed by atoms with Crippen LogP contribution in [0.15, 0.2) is 0 Å². The van der Waals surface area contributed by atoms with Crippen LogP contribution in [0.4, 0.5) is 11.5 Å². The second-order valence-electron chi connectivity index (χ2n) is 5.38. The van der Waals surface area contributed by atoms with E-state index in [1.807, 2.05) is 6.92 Å². The average molecular weight is 321 g/mol. The van der Waals surface area contributed by atoms with Crippen LogP contribution < -0.4 is 16.5 Å². The molecule has 0 unspecified atom stereocenters. The number of esters is 1. The largest absolute Gasteiger partial charge is 0.462 e. The minimum Gasteiger partial charge on any atom is -0.462 e. The zero-order chi connectivity index (χ0) is 16.8. The van der Waals surface area contributed by atoms with Gasteiger partial charge in [-0.25, -0.2) is 9.78 Å². The molecule has 2 heterocycles. The number of nitrogens with one attached hydrogen (secondary N) is 1. The molecule has 1 aliphatic rings. The zero-order valence-corrected chi connectivity index (χ0v) is 13.7. The van der Waals surface area contributed by atoms with Crippen molar-refractivity contribution in [2.75, 3.05) is 30.9 Å². The molecule has 0 aromatic carbocycles. The van der Waals surface area contributed by atoms with E-state index in [0.29, 0.717) is 54.6 Å². The summed E-state index contributed by atoms with van der Waals surface area (Å²) in [6, 6.07) is 0.196. The number of aromatic nitrogens is 1. The molecule has 23 heavy (non-hydrogen) atoms. The highest BCUT2D eigenvalue weighted by Gasteiger charge is 2.26. The Morgan fingerprint density at radius 1 is 1.48 bits per heavy atom. The predicted octanol–water partition coefficient (Wildman–Crippen LogP) is 0.172. The molecule has 1 aromatic rings. The average Bonchev–Trinajstić information content (AvgIpc) is 2.55. The van der Waals surface area contributed by atoms with E-state index in [2.05, 4.69) is 10.3 Å². The second kappa shape index (κ2) is 7.92. The van der Waals surface area contributed by atoms with Crippen LogP contribution in [0.1, 0.15) is 48.3 Å². The molecule has 0 atom stereocenters. The van der Waals surface area contributed by atoms with Crippen molar-refractivity contribution in [1.82, 2.24) is 4.98 Å². The fourth-order valence-corrected chi connectivity index (χ4v) is 2.71. The van der Waals surface area contributed by atoms with Crippen molar-refractivity contribution in [2.45, 2.75) is 39.2 Å². The van der Waals surface area contributed by atoms with Gasteiger partial charge in [0.25, 0.3) is 0 Å². The number of ether oxygens (including phenoxy) is 2. The molecule has 0 spiro atoms. The van der Waals surface area contributed by atoms with E-state index in [0.717, 1.165) is 12.8 Å². The normalized spacial score (nSPS) is 15.2. The quantitative estimate of drug-likeness (QED) is 0.509. The molecule has 1 aliphatic heterocycles. The van der Waals surface area contributed by atoms with Crippen LogP contribution >= 0.6 is 0 Å². The van der Waals surface area contributed by atoms with Crippen molar-refractivity contribution in [1.29, 1.82) is 0 Å². The van der Waals surface area contributed by atoms with Gasteiger partial charge in [-0.1, -0.05) is 6.92 Å². The highest BCUT2D eigenvalue weighted by Crippen LogP contribution is 2.29. The number of nitrogens with two attached hydrogens (primary N) is 2. The second-order valence-corrected chi connectivity index (χ2v) is 5.38. The Morgan fingerprint density at radius 2 is 2.17 bits per heavy atom. The molecule has 1 aromatic heterocycles. The third-order valence-corrected chi connectivity index (χ3v) is 3.89. The van der Waals surface area contributed by atoms with Crippen molar-refractivity contribution in [3.05, 3.63) is 16.8 Å². The number of nitrogens with zero attached hydrogens (tertiary/aromatic N) is 1. The van der Waals surface area contributed by atoms with Gasteiger partial charge in [-0.2, -0.15) is 0 Å². The molecule has 0 aliphatic carbocycles. The molecule has 2 rings (SSSR count). The summed E-state index contributed by atoms with van der Waals surface area (Å²) in [6.45, 7) is 5.37. The van der Waals surface area contributed by atoms with E-state index in [1.54, 1.807) is 6.92 Å². The molecule has 0 bridgehead atoms. The lowest BCUT2D eigenvalue weighted by molar-refractivity contribution is -0.104. The number of hydrogen-bond donors (Lipinski definition) is 3. The van der Waals surface area contributed by atoms with E-state index in [-0.39, 0.29) is 6.04 Å². The zero-order valence-electron chi connectivity index (χ0n) is 13.7. The number of anilines is 2. The first-order valence-electron chi connectivity index (χ1n) is 8.01. The van der Waals surface area contributed by atoms with E-state index >= 15 is 0 Å². The van der Waals surface area contributed by atoms with E-state index in [1.165, 1.54) is 6.21 Å². The number of nitrogen functional groups attached to an aromatic ring is 1. The van der Waals surface area contributed by atoms with Gasteiger partial charge in [0.15, 0.2) is 6.21 Å². The Balaban J connectivity index is 2.50. The fraction of sp³-hybridized carbons (Fsp3) is 0.562. The van der Waals surface area contributed by atoms with Crippen LogP contribution in [0.5, 0.6) is 0 Å². The van der Waals surface area contributed by atoms with Crippen LogP contribution in [-0.4, -0.2) is 43.0 Å². The molecule has 7 heteroatoms. The lowest BCUT2D eigenvalue weighted by Crippen LogP contribution is -2.34. The topological polar surface area (TPSA) is 112 Å². The minimum atomic E-state index is -0.408. The maximum atomic E-state index is 12.4. The summed E-state index contributed by atoms with van der Waals surface area (Å²) >= 11 is 0. The Kier molecular flexibility index (Phi) is 5.92. The number of carbonyl (C=O) groups is 1. The van der Waals surface area contributed by atoms with Gasteiger partial charge in [0.05, 0.1) is 18.0 Å². The van der Waals surface area contributed by atoms with Gasteiger partial charge in [0, 0.05) is 19.3 Å². The third-order valence-electron chi connectivity index (χ3n) is 3.89. The van der Waals surface area contributed by atoms with Gasteiger partial charge in [-0.15, -0.1) is 0 Å². The number of pyridine rings is 1. The van der Waals surface area contributed by atoms with E-state index < -0.39 is 5.97 Å². The Labute approximate surface area is 136 Å². The Hall–Kier alpha value is -2.15. The molecule has 7 nitrogen and oxygen atoms in total. The van der Waals surface area contributed by atoms with Crippen molar-refractivity contribution < 1.29 is 19.7 Å². The van der Waals surface area contributed by atoms with Gasteiger partial charge in [0.1, 0.15) is 16.9 Å². The summed E-state index contributed by atoms with van der Waals surface area (Å²) in [6.07, 6.45) is 3.67. The van der Waals surface area contributed by atoms with Gasteiger partial charge in [-0.05, 0) is 26.2 Å². The standard InChI is InChI=1S/C16H24N4O3/c1-3-12-13(16(21)23-4-2)14(11(9-17)15(18)20-12)19-10-5-7-22-8-6-10/h9-10,17H,3-8H2,1-2H3,(H3,18,19,20)/p+1. The number of carbonyl (C=O) groups excluding carboxylic acids is 1. The SMILES string of the molecule is CCOC(=O)c1c(CC)nc(N)c(C=[NH2+])c1NC1CCOCC1. The Bertz CT molecular complexity index is 583. The summed E-state index contributed by atoms with van der Waals surface area (Å²) in [7, 11) is 0. The number of hydrogen-bond acceptors (Lipinski definition) is 6. The lowest BCUT2D eigenvalue weighted by Gasteiger charge is -2.26. The molecule has 1 fully saturated rings. The first-order chi connectivity index (χ1) is 11.1. The predicted molar refractivity (Wildman–Crippen MR) is 88.5 cm³/mol. The molecule has 0 radical (unpaired) electrons. The first kappa shape index (κ1) is 17.2. The van der Waals surface area contributed by atoms with E-state index in [9.17, 15) is 4.79 Å². The summed E-state index contributed by atoms with van der Waals surface area (Å²) in [5.41, 5.74) is 8.20.